The van der Waals surface area contributed by atoms with E-state index in [-0.39, 0.29) is 16.8 Å². The minimum Gasteiger partial charge on any atom is -0.349 e. The minimum absolute atomic E-state index is 0.0389. The second-order valence-corrected chi connectivity index (χ2v) is 6.86. The van der Waals surface area contributed by atoms with Crippen LogP contribution in [0.5, 0.6) is 0 Å². The van der Waals surface area contributed by atoms with Crippen LogP contribution in [0.1, 0.15) is 31.4 Å². The number of amides is 1. The first-order valence-corrected chi connectivity index (χ1v) is 7.97. The van der Waals surface area contributed by atoms with Crippen LogP contribution < -0.4 is 16.2 Å². The van der Waals surface area contributed by atoms with Crippen molar-refractivity contribution in [3.05, 3.63) is 29.8 Å². The topological polar surface area (TPSA) is 115 Å². The number of rotatable bonds is 5. The zero-order chi connectivity index (χ0) is 15.0. The smallest absolute Gasteiger partial charge is 0.238 e. The standard InChI is InChI=1S/C13H19N3O3S/c1-9(16-12(17)13(8-14)6-7-13)10-2-4-11(5-3-10)20(15,18)19/h2-5,9H,6-8,14H2,1H3,(H,16,17)(H2,15,18,19). The van der Waals surface area contributed by atoms with Crippen molar-refractivity contribution in [2.45, 2.75) is 30.7 Å². The third-order valence-corrected chi connectivity index (χ3v) is 4.71. The van der Waals surface area contributed by atoms with Gasteiger partial charge in [0.25, 0.3) is 0 Å². The maximum absolute atomic E-state index is 12.1. The third kappa shape index (κ3) is 3.00. The van der Waals surface area contributed by atoms with Gasteiger partial charge >= 0.3 is 0 Å². The van der Waals surface area contributed by atoms with E-state index >= 15 is 0 Å². The van der Waals surface area contributed by atoms with Crippen molar-refractivity contribution in [1.29, 1.82) is 0 Å². The molecule has 0 heterocycles. The highest BCUT2D eigenvalue weighted by Gasteiger charge is 2.48. The third-order valence-electron chi connectivity index (χ3n) is 3.78. The van der Waals surface area contributed by atoms with E-state index in [1.165, 1.54) is 12.1 Å². The van der Waals surface area contributed by atoms with Gasteiger partial charge in [0.1, 0.15) is 0 Å². The Balaban J connectivity index is 2.06. The molecular formula is C13H19N3O3S. The van der Waals surface area contributed by atoms with Gasteiger partial charge in [0.15, 0.2) is 0 Å². The van der Waals surface area contributed by atoms with Gasteiger partial charge in [-0.2, -0.15) is 0 Å². The normalized spacial score (nSPS) is 18.4. The van der Waals surface area contributed by atoms with E-state index in [9.17, 15) is 13.2 Å². The number of carbonyl (C=O) groups excluding carboxylic acids is 1. The number of carbonyl (C=O) groups is 1. The van der Waals surface area contributed by atoms with E-state index in [1.807, 2.05) is 6.92 Å². The molecule has 0 radical (unpaired) electrons. The van der Waals surface area contributed by atoms with Crippen molar-refractivity contribution >= 4 is 15.9 Å². The molecule has 1 aromatic carbocycles. The van der Waals surface area contributed by atoms with Gasteiger partial charge in [0.05, 0.1) is 16.4 Å². The SMILES string of the molecule is CC(NC(=O)C1(CN)CC1)c1ccc(S(N)(=O)=O)cc1. The van der Waals surface area contributed by atoms with Gasteiger partial charge < -0.3 is 11.1 Å². The highest BCUT2D eigenvalue weighted by molar-refractivity contribution is 7.89. The molecule has 1 fully saturated rings. The van der Waals surface area contributed by atoms with Gasteiger partial charge in [-0.15, -0.1) is 0 Å². The number of nitrogens with one attached hydrogen (secondary N) is 1. The van der Waals surface area contributed by atoms with Gasteiger partial charge in [-0.1, -0.05) is 12.1 Å². The molecule has 0 aromatic heterocycles. The molecule has 1 saturated carbocycles. The Morgan fingerprint density at radius 2 is 1.90 bits per heavy atom. The van der Waals surface area contributed by atoms with E-state index in [0.717, 1.165) is 18.4 Å². The van der Waals surface area contributed by atoms with Crippen molar-refractivity contribution in [3.63, 3.8) is 0 Å². The summed E-state index contributed by atoms with van der Waals surface area (Å²) in [7, 11) is -3.69. The number of nitrogens with two attached hydrogens (primary N) is 2. The van der Waals surface area contributed by atoms with Crippen LogP contribution in [0.2, 0.25) is 0 Å². The van der Waals surface area contributed by atoms with E-state index < -0.39 is 15.4 Å². The monoisotopic (exact) mass is 297 g/mol. The Bertz CT molecular complexity index is 606. The lowest BCUT2D eigenvalue weighted by molar-refractivity contribution is -0.126. The molecule has 0 spiro atoms. The maximum Gasteiger partial charge on any atom is 0.238 e. The Kier molecular flexibility index (Phi) is 3.86. The fraction of sp³-hybridized carbons (Fsp3) is 0.462. The molecule has 1 unspecified atom stereocenters. The molecule has 1 aliphatic carbocycles. The highest BCUT2D eigenvalue weighted by Crippen LogP contribution is 2.45. The summed E-state index contributed by atoms with van der Waals surface area (Å²) < 4.78 is 22.3. The van der Waals surface area contributed by atoms with Crippen molar-refractivity contribution in [2.75, 3.05) is 6.54 Å². The van der Waals surface area contributed by atoms with Crippen molar-refractivity contribution in [2.24, 2.45) is 16.3 Å². The van der Waals surface area contributed by atoms with Crippen molar-refractivity contribution in [1.82, 2.24) is 5.32 Å². The molecule has 1 atom stereocenters. The summed E-state index contributed by atoms with van der Waals surface area (Å²) in [6, 6.07) is 5.95. The molecule has 110 valence electrons. The van der Waals surface area contributed by atoms with Crippen LogP contribution >= 0.6 is 0 Å². The molecule has 2 rings (SSSR count). The Hall–Kier alpha value is -1.44. The first-order chi connectivity index (χ1) is 9.28. The number of benzene rings is 1. The summed E-state index contributed by atoms with van der Waals surface area (Å²) in [6.45, 7) is 2.20. The first-order valence-electron chi connectivity index (χ1n) is 6.42. The lowest BCUT2D eigenvalue weighted by Crippen LogP contribution is -2.37. The molecule has 1 amide bonds. The Morgan fingerprint density at radius 1 is 1.35 bits per heavy atom. The molecule has 1 aromatic rings. The summed E-state index contributed by atoms with van der Waals surface area (Å²) in [5, 5.41) is 7.94. The fourth-order valence-electron chi connectivity index (χ4n) is 2.05. The first kappa shape index (κ1) is 15.0. The Morgan fingerprint density at radius 3 is 2.30 bits per heavy atom. The van der Waals surface area contributed by atoms with Crippen LogP contribution in [0, 0.1) is 5.41 Å². The zero-order valence-corrected chi connectivity index (χ0v) is 12.1. The molecule has 1 aliphatic rings. The Labute approximate surface area is 118 Å². The zero-order valence-electron chi connectivity index (χ0n) is 11.3. The van der Waals surface area contributed by atoms with Crippen LogP contribution in [0.3, 0.4) is 0 Å². The minimum atomic E-state index is -3.69. The predicted molar refractivity (Wildman–Crippen MR) is 75.1 cm³/mol. The van der Waals surface area contributed by atoms with E-state index in [0.29, 0.717) is 6.54 Å². The van der Waals surface area contributed by atoms with Gasteiger partial charge in [-0.3, -0.25) is 4.79 Å². The lowest BCUT2D eigenvalue weighted by atomic mass is 10.0. The molecule has 5 N–H and O–H groups in total. The number of hydrogen-bond acceptors (Lipinski definition) is 4. The number of sulfonamides is 1. The molecule has 0 bridgehead atoms. The quantitative estimate of drug-likeness (QED) is 0.722. The molecular weight excluding hydrogens is 278 g/mol. The largest absolute Gasteiger partial charge is 0.349 e. The van der Waals surface area contributed by atoms with Crippen LogP contribution in [0.25, 0.3) is 0 Å². The summed E-state index contributed by atoms with van der Waals surface area (Å²) in [6.07, 6.45) is 1.65. The molecule has 20 heavy (non-hydrogen) atoms. The molecule has 0 aliphatic heterocycles. The lowest BCUT2D eigenvalue weighted by Gasteiger charge is -2.19. The summed E-state index contributed by atoms with van der Waals surface area (Å²) in [5.41, 5.74) is 6.03. The van der Waals surface area contributed by atoms with Crippen LogP contribution in [0.4, 0.5) is 0 Å². The van der Waals surface area contributed by atoms with E-state index in [1.54, 1.807) is 12.1 Å². The highest BCUT2D eigenvalue weighted by atomic mass is 32.2. The predicted octanol–water partition coefficient (Wildman–Crippen LogP) is 0.250. The maximum atomic E-state index is 12.1. The molecule has 6 nitrogen and oxygen atoms in total. The van der Waals surface area contributed by atoms with Gasteiger partial charge in [0.2, 0.25) is 15.9 Å². The van der Waals surface area contributed by atoms with Crippen LogP contribution in [-0.4, -0.2) is 20.9 Å². The number of hydrogen-bond donors (Lipinski definition) is 3. The van der Waals surface area contributed by atoms with Gasteiger partial charge in [-0.25, -0.2) is 13.6 Å². The van der Waals surface area contributed by atoms with Crippen molar-refractivity contribution in [3.8, 4) is 0 Å². The second-order valence-electron chi connectivity index (χ2n) is 5.29. The average molecular weight is 297 g/mol. The average Bonchev–Trinajstić information content (AvgIpc) is 3.19. The van der Waals surface area contributed by atoms with Gasteiger partial charge in [0, 0.05) is 6.54 Å². The summed E-state index contributed by atoms with van der Waals surface area (Å²) in [5.74, 6) is -0.0389. The number of primary sulfonamides is 1. The summed E-state index contributed by atoms with van der Waals surface area (Å²) in [4.78, 5) is 12.1. The fourth-order valence-corrected chi connectivity index (χ4v) is 2.57. The van der Waals surface area contributed by atoms with Crippen molar-refractivity contribution < 1.29 is 13.2 Å². The van der Waals surface area contributed by atoms with Crippen LogP contribution in [-0.2, 0) is 14.8 Å². The van der Waals surface area contributed by atoms with Crippen LogP contribution in [0.15, 0.2) is 29.2 Å². The summed E-state index contributed by atoms with van der Waals surface area (Å²) >= 11 is 0. The van der Waals surface area contributed by atoms with Gasteiger partial charge in [-0.05, 0) is 37.5 Å². The second kappa shape index (κ2) is 5.16. The van der Waals surface area contributed by atoms with E-state index in [4.69, 9.17) is 10.9 Å². The molecule has 7 heteroatoms. The molecule has 0 saturated heterocycles. The van der Waals surface area contributed by atoms with E-state index in [2.05, 4.69) is 5.32 Å².